The molecule has 1 fully saturated rings. The average Bonchev–Trinajstić information content (AvgIpc) is 2.98. The van der Waals surface area contributed by atoms with E-state index in [1.165, 1.54) is 0 Å². The third-order valence-electron chi connectivity index (χ3n) is 5.01. The molecule has 26 heavy (non-hydrogen) atoms. The highest BCUT2D eigenvalue weighted by atomic mass is 15.3. The number of aromatic nitrogens is 4. The maximum Gasteiger partial charge on any atom is 0.177 e. The molecule has 0 bridgehead atoms. The first-order valence-electron chi connectivity index (χ1n) is 9.11. The van der Waals surface area contributed by atoms with Crippen molar-refractivity contribution < 1.29 is 0 Å². The summed E-state index contributed by atoms with van der Waals surface area (Å²) in [7, 11) is 0. The molecule has 0 aromatic carbocycles. The van der Waals surface area contributed by atoms with Crippen molar-refractivity contribution in [2.24, 2.45) is 5.73 Å². The van der Waals surface area contributed by atoms with Crippen molar-refractivity contribution >= 4 is 23.0 Å². The van der Waals surface area contributed by atoms with Gasteiger partial charge in [-0.05, 0) is 57.2 Å². The number of pyridine rings is 1. The summed E-state index contributed by atoms with van der Waals surface area (Å²) in [4.78, 5) is 9.40. The summed E-state index contributed by atoms with van der Waals surface area (Å²) in [5, 5.41) is 7.75. The van der Waals surface area contributed by atoms with Crippen LogP contribution in [0.1, 0.15) is 48.6 Å². The lowest BCUT2D eigenvalue weighted by molar-refractivity contribution is 0.391. The fourth-order valence-electron chi connectivity index (χ4n) is 3.76. The van der Waals surface area contributed by atoms with Crippen LogP contribution in [0.15, 0.2) is 24.4 Å². The van der Waals surface area contributed by atoms with E-state index in [0.29, 0.717) is 17.8 Å². The fraction of sp³-hybridized carbons (Fsp3) is 0.421. The number of hydrogen-bond donors (Lipinski definition) is 3. The third-order valence-corrected chi connectivity index (χ3v) is 5.01. The van der Waals surface area contributed by atoms with E-state index in [-0.39, 0.29) is 0 Å². The lowest BCUT2D eigenvalue weighted by atomic mass is 9.85. The Hall–Kier alpha value is -2.67. The molecule has 5 N–H and O–H groups in total. The number of rotatable bonds is 3. The average molecular weight is 351 g/mol. The highest BCUT2D eigenvalue weighted by molar-refractivity contribution is 5.74. The minimum absolute atomic E-state index is 0.324. The van der Waals surface area contributed by atoms with Gasteiger partial charge in [-0.15, -0.1) is 5.10 Å². The van der Waals surface area contributed by atoms with Crippen molar-refractivity contribution in [3.05, 3.63) is 41.3 Å². The van der Waals surface area contributed by atoms with Crippen molar-refractivity contribution in [1.82, 2.24) is 19.6 Å². The van der Waals surface area contributed by atoms with Crippen molar-refractivity contribution in [1.29, 1.82) is 0 Å². The molecule has 3 aromatic rings. The molecule has 0 amide bonds. The molecule has 7 heteroatoms. The molecular weight excluding hydrogens is 326 g/mol. The molecule has 3 aromatic heterocycles. The van der Waals surface area contributed by atoms with Gasteiger partial charge in [-0.1, -0.05) is 0 Å². The quantitative estimate of drug-likeness (QED) is 0.669. The van der Waals surface area contributed by atoms with Gasteiger partial charge in [-0.25, -0.2) is 14.5 Å². The van der Waals surface area contributed by atoms with E-state index in [4.69, 9.17) is 16.5 Å². The molecule has 136 valence electrons. The summed E-state index contributed by atoms with van der Waals surface area (Å²) >= 11 is 0. The van der Waals surface area contributed by atoms with E-state index >= 15 is 0 Å². The first-order valence-corrected chi connectivity index (χ1v) is 9.11. The SMILES string of the molecule is Cc1cc(C)nc(Nc2cc(N)nn3cc([C@H]4CC[C@H](N)CC4)nc23)c1. The van der Waals surface area contributed by atoms with E-state index in [1.807, 2.05) is 31.3 Å². The lowest BCUT2D eigenvalue weighted by Crippen LogP contribution is -2.25. The Morgan fingerprint density at radius 3 is 2.58 bits per heavy atom. The summed E-state index contributed by atoms with van der Waals surface area (Å²) in [5.74, 6) is 1.66. The summed E-state index contributed by atoms with van der Waals surface area (Å²) in [6, 6.07) is 6.18. The maximum absolute atomic E-state index is 6.03. The summed E-state index contributed by atoms with van der Waals surface area (Å²) in [6.07, 6.45) is 6.23. The number of hydrogen-bond acceptors (Lipinski definition) is 6. The molecule has 0 spiro atoms. The van der Waals surface area contributed by atoms with E-state index in [1.54, 1.807) is 4.52 Å². The highest BCUT2D eigenvalue weighted by Crippen LogP contribution is 2.33. The van der Waals surface area contributed by atoms with E-state index < -0.39 is 0 Å². The Kier molecular flexibility index (Phi) is 4.24. The zero-order valence-corrected chi connectivity index (χ0v) is 15.2. The van der Waals surface area contributed by atoms with Crippen LogP contribution in [0, 0.1) is 13.8 Å². The first-order chi connectivity index (χ1) is 12.5. The lowest BCUT2D eigenvalue weighted by Gasteiger charge is -2.24. The van der Waals surface area contributed by atoms with Gasteiger partial charge in [-0.3, -0.25) is 0 Å². The second-order valence-electron chi connectivity index (χ2n) is 7.32. The number of nitrogens with one attached hydrogen (secondary N) is 1. The summed E-state index contributed by atoms with van der Waals surface area (Å²) < 4.78 is 1.77. The maximum atomic E-state index is 6.03. The Morgan fingerprint density at radius 1 is 1.08 bits per heavy atom. The minimum atomic E-state index is 0.324. The molecule has 0 saturated heterocycles. The molecule has 3 heterocycles. The van der Waals surface area contributed by atoms with Crippen LogP contribution in [-0.4, -0.2) is 25.6 Å². The van der Waals surface area contributed by atoms with Crippen LogP contribution in [-0.2, 0) is 0 Å². The topological polar surface area (TPSA) is 107 Å². The van der Waals surface area contributed by atoms with Crippen LogP contribution in [0.5, 0.6) is 0 Å². The van der Waals surface area contributed by atoms with Crippen LogP contribution in [0.25, 0.3) is 5.65 Å². The number of fused-ring (bicyclic) bond motifs is 1. The van der Waals surface area contributed by atoms with Crippen LogP contribution >= 0.6 is 0 Å². The molecule has 7 nitrogen and oxygen atoms in total. The van der Waals surface area contributed by atoms with Crippen LogP contribution in [0.4, 0.5) is 17.3 Å². The molecule has 4 rings (SSSR count). The zero-order valence-electron chi connectivity index (χ0n) is 15.2. The number of nitrogens with two attached hydrogens (primary N) is 2. The first kappa shape index (κ1) is 16.8. The van der Waals surface area contributed by atoms with Crippen molar-refractivity contribution in [2.45, 2.75) is 51.5 Å². The summed E-state index contributed by atoms with van der Waals surface area (Å²) in [6.45, 7) is 4.04. The van der Waals surface area contributed by atoms with Gasteiger partial charge in [0.25, 0.3) is 0 Å². The van der Waals surface area contributed by atoms with Gasteiger partial charge in [0, 0.05) is 23.7 Å². The molecule has 1 aliphatic carbocycles. The monoisotopic (exact) mass is 351 g/mol. The molecule has 0 aliphatic heterocycles. The Labute approximate surface area is 152 Å². The molecule has 1 saturated carbocycles. The zero-order chi connectivity index (χ0) is 18.3. The van der Waals surface area contributed by atoms with Gasteiger partial charge in [0.15, 0.2) is 5.65 Å². The normalized spacial score (nSPS) is 20.4. The number of aryl methyl sites for hydroxylation is 2. The molecule has 0 radical (unpaired) electrons. The van der Waals surface area contributed by atoms with Crippen LogP contribution in [0.3, 0.4) is 0 Å². The van der Waals surface area contributed by atoms with Gasteiger partial charge < -0.3 is 16.8 Å². The fourth-order valence-corrected chi connectivity index (χ4v) is 3.76. The number of nitrogens with zero attached hydrogens (tertiary/aromatic N) is 4. The highest BCUT2D eigenvalue weighted by Gasteiger charge is 2.23. The van der Waals surface area contributed by atoms with E-state index in [9.17, 15) is 0 Å². The number of anilines is 3. The third kappa shape index (κ3) is 3.35. The predicted octanol–water partition coefficient (Wildman–Crippen LogP) is 3.05. The van der Waals surface area contributed by atoms with Crippen molar-refractivity contribution in [3.63, 3.8) is 0 Å². The van der Waals surface area contributed by atoms with Gasteiger partial charge in [0.1, 0.15) is 11.6 Å². The summed E-state index contributed by atoms with van der Waals surface area (Å²) in [5.41, 5.74) is 16.8. The Bertz CT molecular complexity index is 918. The van der Waals surface area contributed by atoms with Gasteiger partial charge >= 0.3 is 0 Å². The van der Waals surface area contributed by atoms with Gasteiger partial charge in [0.05, 0.1) is 17.6 Å². The molecule has 1 aliphatic rings. The smallest absolute Gasteiger partial charge is 0.177 e. The molecule has 0 unspecified atom stereocenters. The Balaban J connectivity index is 1.70. The van der Waals surface area contributed by atoms with Crippen LogP contribution < -0.4 is 16.8 Å². The van der Waals surface area contributed by atoms with Crippen molar-refractivity contribution in [3.8, 4) is 0 Å². The molecular formula is C19H25N7. The van der Waals surface area contributed by atoms with Crippen molar-refractivity contribution in [2.75, 3.05) is 11.1 Å². The number of imidazole rings is 1. The number of nitrogen functional groups attached to an aromatic ring is 1. The molecule has 0 atom stereocenters. The predicted molar refractivity (Wildman–Crippen MR) is 104 cm³/mol. The largest absolute Gasteiger partial charge is 0.382 e. The van der Waals surface area contributed by atoms with Crippen LogP contribution in [0.2, 0.25) is 0 Å². The van der Waals surface area contributed by atoms with Gasteiger partial charge in [-0.2, -0.15) is 0 Å². The standard InChI is InChI=1S/C19H25N7/c1-11-7-12(2)22-18(8-11)23-15-9-17(21)25-26-10-16(24-19(15)26)13-3-5-14(20)6-4-13/h7-10,13-14H,3-6,20H2,1-2H3,(H2,21,25)(H,22,23)/t13-,14-. The Morgan fingerprint density at radius 2 is 1.85 bits per heavy atom. The van der Waals surface area contributed by atoms with Gasteiger partial charge in [0.2, 0.25) is 0 Å². The van der Waals surface area contributed by atoms with E-state index in [2.05, 4.69) is 22.3 Å². The van der Waals surface area contributed by atoms with E-state index in [0.717, 1.165) is 59.8 Å². The second kappa shape index (κ2) is 6.57. The minimum Gasteiger partial charge on any atom is -0.382 e. The second-order valence-corrected chi connectivity index (χ2v) is 7.32.